The largest absolute Gasteiger partial charge is 0.373 e. The van der Waals surface area contributed by atoms with Crippen LogP contribution in [-0.2, 0) is 4.74 Å². The SMILES string of the molecule is CNc1ncnc2cc(C(=O)NC3CCC(OC(F)F)CC3)ccc12. The van der Waals surface area contributed by atoms with E-state index in [2.05, 4.69) is 25.3 Å². The first kappa shape index (κ1) is 17.5. The zero-order valence-corrected chi connectivity index (χ0v) is 13.8. The van der Waals surface area contributed by atoms with Gasteiger partial charge in [0.25, 0.3) is 5.91 Å². The van der Waals surface area contributed by atoms with Crippen LogP contribution in [0.25, 0.3) is 10.9 Å². The Hall–Kier alpha value is -2.35. The molecule has 2 aromatic rings. The van der Waals surface area contributed by atoms with Gasteiger partial charge in [0.2, 0.25) is 0 Å². The smallest absolute Gasteiger partial charge is 0.345 e. The van der Waals surface area contributed by atoms with Gasteiger partial charge in [0, 0.05) is 24.0 Å². The summed E-state index contributed by atoms with van der Waals surface area (Å²) in [6.07, 6.45) is 3.31. The Labute approximate surface area is 144 Å². The number of nitrogens with zero attached hydrogens (tertiary/aromatic N) is 2. The number of carbonyl (C=O) groups is 1. The van der Waals surface area contributed by atoms with Gasteiger partial charge in [0.1, 0.15) is 12.1 Å². The molecule has 0 atom stereocenters. The first-order chi connectivity index (χ1) is 12.1. The second-order valence-electron chi connectivity index (χ2n) is 6.05. The number of benzene rings is 1. The second kappa shape index (κ2) is 7.69. The summed E-state index contributed by atoms with van der Waals surface area (Å²) in [6, 6.07) is 5.23. The third kappa shape index (κ3) is 4.19. The van der Waals surface area contributed by atoms with E-state index in [0.29, 0.717) is 42.6 Å². The van der Waals surface area contributed by atoms with E-state index >= 15 is 0 Å². The number of hydrogen-bond donors (Lipinski definition) is 2. The highest BCUT2D eigenvalue weighted by Gasteiger charge is 2.25. The highest BCUT2D eigenvalue weighted by Crippen LogP contribution is 2.24. The lowest BCUT2D eigenvalue weighted by atomic mass is 9.92. The number of halogens is 2. The summed E-state index contributed by atoms with van der Waals surface area (Å²) in [4.78, 5) is 20.8. The summed E-state index contributed by atoms with van der Waals surface area (Å²) in [5.74, 6) is 0.513. The average molecular weight is 350 g/mol. The van der Waals surface area contributed by atoms with Crippen molar-refractivity contribution in [3.63, 3.8) is 0 Å². The van der Waals surface area contributed by atoms with Crippen LogP contribution in [0.1, 0.15) is 36.0 Å². The van der Waals surface area contributed by atoms with Gasteiger partial charge in [0.05, 0.1) is 11.6 Å². The van der Waals surface area contributed by atoms with Crippen LogP contribution in [0.5, 0.6) is 0 Å². The van der Waals surface area contributed by atoms with E-state index in [1.807, 2.05) is 6.07 Å². The summed E-state index contributed by atoms with van der Waals surface area (Å²) in [5.41, 5.74) is 1.19. The number of carbonyl (C=O) groups excluding carboxylic acids is 1. The number of aromatic nitrogens is 2. The van der Waals surface area contributed by atoms with Crippen molar-refractivity contribution in [3.05, 3.63) is 30.1 Å². The predicted molar refractivity (Wildman–Crippen MR) is 89.7 cm³/mol. The molecule has 2 N–H and O–H groups in total. The fourth-order valence-corrected chi connectivity index (χ4v) is 3.15. The summed E-state index contributed by atoms with van der Waals surface area (Å²) >= 11 is 0. The highest BCUT2D eigenvalue weighted by molar-refractivity contribution is 5.99. The quantitative estimate of drug-likeness (QED) is 0.867. The van der Waals surface area contributed by atoms with Crippen LogP contribution >= 0.6 is 0 Å². The molecule has 6 nitrogen and oxygen atoms in total. The number of amides is 1. The fourth-order valence-electron chi connectivity index (χ4n) is 3.15. The second-order valence-corrected chi connectivity index (χ2v) is 6.05. The Morgan fingerprint density at radius 1 is 1.24 bits per heavy atom. The van der Waals surface area contributed by atoms with Gasteiger partial charge < -0.3 is 15.4 Å². The number of nitrogens with one attached hydrogen (secondary N) is 2. The van der Waals surface area contributed by atoms with Gasteiger partial charge in [-0.25, -0.2) is 9.97 Å². The minimum atomic E-state index is -2.74. The van der Waals surface area contributed by atoms with Crippen LogP contribution in [0.15, 0.2) is 24.5 Å². The number of ether oxygens (including phenoxy) is 1. The van der Waals surface area contributed by atoms with Crippen LogP contribution in [0, 0.1) is 0 Å². The first-order valence-corrected chi connectivity index (χ1v) is 8.24. The Bertz CT molecular complexity index is 749. The van der Waals surface area contributed by atoms with Gasteiger partial charge in [-0.2, -0.15) is 8.78 Å². The van der Waals surface area contributed by atoms with Gasteiger partial charge in [-0.1, -0.05) is 0 Å². The molecule has 1 fully saturated rings. The minimum absolute atomic E-state index is 0.0287. The molecule has 0 aliphatic heterocycles. The third-order valence-electron chi connectivity index (χ3n) is 4.44. The normalized spacial score (nSPS) is 20.6. The average Bonchev–Trinajstić information content (AvgIpc) is 2.61. The molecular formula is C17H20F2N4O2. The van der Waals surface area contributed by atoms with Crippen molar-refractivity contribution < 1.29 is 18.3 Å². The Kier molecular flexibility index (Phi) is 5.37. The van der Waals surface area contributed by atoms with Crippen molar-refractivity contribution in [1.82, 2.24) is 15.3 Å². The van der Waals surface area contributed by atoms with E-state index < -0.39 is 12.7 Å². The van der Waals surface area contributed by atoms with Crippen LogP contribution < -0.4 is 10.6 Å². The Morgan fingerprint density at radius 3 is 2.68 bits per heavy atom. The summed E-state index contributed by atoms with van der Waals surface area (Å²) in [6.45, 7) is -2.74. The zero-order valence-electron chi connectivity index (χ0n) is 13.8. The molecule has 0 saturated heterocycles. The van der Waals surface area contributed by atoms with Crippen molar-refractivity contribution in [2.24, 2.45) is 0 Å². The molecule has 8 heteroatoms. The Balaban J connectivity index is 1.63. The molecule has 1 aromatic carbocycles. The van der Waals surface area contributed by atoms with Crippen LogP contribution in [0.3, 0.4) is 0 Å². The minimum Gasteiger partial charge on any atom is -0.373 e. The van der Waals surface area contributed by atoms with E-state index in [9.17, 15) is 13.6 Å². The molecule has 0 bridgehead atoms. The summed E-state index contributed by atoms with van der Waals surface area (Å²) in [7, 11) is 1.77. The standard InChI is InChI=1S/C17H20F2N4O2/c1-20-15-13-7-2-10(8-14(13)21-9-22-15)16(24)23-11-3-5-12(6-4-11)25-17(18)19/h2,7-9,11-12,17H,3-6H2,1H3,(H,23,24)(H,20,21,22). The van der Waals surface area contributed by atoms with Crippen molar-refractivity contribution in [3.8, 4) is 0 Å². The molecule has 1 saturated carbocycles. The molecule has 0 spiro atoms. The van der Waals surface area contributed by atoms with E-state index in [4.69, 9.17) is 0 Å². The van der Waals surface area contributed by atoms with E-state index in [-0.39, 0.29) is 11.9 Å². The molecule has 0 radical (unpaired) electrons. The van der Waals surface area contributed by atoms with Crippen molar-refractivity contribution >= 4 is 22.6 Å². The molecule has 1 aliphatic rings. The first-order valence-electron chi connectivity index (χ1n) is 8.24. The fraction of sp³-hybridized carbons (Fsp3) is 0.471. The molecule has 134 valence electrons. The van der Waals surface area contributed by atoms with Crippen molar-refractivity contribution in [1.29, 1.82) is 0 Å². The number of alkyl halides is 2. The molecule has 0 unspecified atom stereocenters. The molecule has 1 amide bonds. The van der Waals surface area contributed by atoms with Crippen LogP contribution in [-0.4, -0.2) is 41.7 Å². The van der Waals surface area contributed by atoms with E-state index in [1.165, 1.54) is 6.33 Å². The zero-order chi connectivity index (χ0) is 17.8. The molecule has 1 heterocycles. The van der Waals surface area contributed by atoms with E-state index in [0.717, 1.165) is 5.39 Å². The van der Waals surface area contributed by atoms with Crippen LogP contribution in [0.2, 0.25) is 0 Å². The molecule has 25 heavy (non-hydrogen) atoms. The monoisotopic (exact) mass is 350 g/mol. The maximum atomic E-state index is 12.4. The van der Waals surface area contributed by atoms with Crippen molar-refractivity contribution in [2.75, 3.05) is 12.4 Å². The predicted octanol–water partition coefficient (Wildman–Crippen LogP) is 2.95. The van der Waals surface area contributed by atoms with Gasteiger partial charge in [-0.05, 0) is 43.9 Å². The maximum absolute atomic E-state index is 12.4. The van der Waals surface area contributed by atoms with Crippen molar-refractivity contribution in [2.45, 2.75) is 44.4 Å². The van der Waals surface area contributed by atoms with Gasteiger partial charge in [0.15, 0.2) is 0 Å². The van der Waals surface area contributed by atoms with Gasteiger partial charge in [-0.3, -0.25) is 4.79 Å². The lowest BCUT2D eigenvalue weighted by molar-refractivity contribution is -0.170. The van der Waals surface area contributed by atoms with Gasteiger partial charge >= 0.3 is 6.61 Å². The van der Waals surface area contributed by atoms with Crippen LogP contribution in [0.4, 0.5) is 14.6 Å². The highest BCUT2D eigenvalue weighted by atomic mass is 19.3. The number of anilines is 1. The summed E-state index contributed by atoms with van der Waals surface area (Å²) in [5, 5.41) is 6.79. The van der Waals surface area contributed by atoms with E-state index in [1.54, 1.807) is 19.2 Å². The Morgan fingerprint density at radius 2 is 2.00 bits per heavy atom. The number of hydrogen-bond acceptors (Lipinski definition) is 5. The number of rotatable bonds is 5. The van der Waals surface area contributed by atoms with Gasteiger partial charge in [-0.15, -0.1) is 0 Å². The third-order valence-corrected chi connectivity index (χ3v) is 4.44. The topological polar surface area (TPSA) is 76.1 Å². The lowest BCUT2D eigenvalue weighted by Gasteiger charge is -2.28. The molecule has 1 aromatic heterocycles. The maximum Gasteiger partial charge on any atom is 0.345 e. The lowest BCUT2D eigenvalue weighted by Crippen LogP contribution is -2.39. The number of fused-ring (bicyclic) bond motifs is 1. The molecule has 3 rings (SSSR count). The molecular weight excluding hydrogens is 330 g/mol. The molecule has 1 aliphatic carbocycles. The summed E-state index contributed by atoms with van der Waals surface area (Å²) < 4.78 is 29.0.